The largest absolute Gasteiger partial charge is 0.463 e. The zero-order valence-electron chi connectivity index (χ0n) is 9.43. The van der Waals surface area contributed by atoms with Crippen molar-refractivity contribution in [3.8, 4) is 0 Å². The van der Waals surface area contributed by atoms with Crippen molar-refractivity contribution in [2.45, 2.75) is 19.4 Å². The van der Waals surface area contributed by atoms with Gasteiger partial charge in [0.25, 0.3) is 0 Å². The molecule has 17 heavy (non-hydrogen) atoms. The van der Waals surface area contributed by atoms with E-state index in [1.54, 1.807) is 25.1 Å². The van der Waals surface area contributed by atoms with E-state index in [1.165, 1.54) is 0 Å². The fraction of sp³-hybridized carbons (Fsp3) is 0.333. The van der Waals surface area contributed by atoms with E-state index in [9.17, 15) is 9.59 Å². The first-order valence-electron chi connectivity index (χ1n) is 5.32. The van der Waals surface area contributed by atoms with E-state index in [4.69, 9.17) is 15.2 Å². The number of anilines is 1. The number of esters is 2. The zero-order chi connectivity index (χ0) is 12.4. The summed E-state index contributed by atoms with van der Waals surface area (Å²) in [6.07, 6.45) is -0.380. The molecule has 90 valence electrons. The van der Waals surface area contributed by atoms with E-state index >= 15 is 0 Å². The van der Waals surface area contributed by atoms with E-state index in [2.05, 4.69) is 0 Å². The van der Waals surface area contributed by atoms with Crippen LogP contribution in [0.5, 0.6) is 0 Å². The quantitative estimate of drug-likeness (QED) is 0.612. The first kappa shape index (κ1) is 11.4. The molecule has 0 aliphatic carbocycles. The molecule has 0 radical (unpaired) electrons. The molecule has 5 heteroatoms. The van der Waals surface area contributed by atoms with E-state index in [-0.39, 0.29) is 0 Å². The molecule has 2 rings (SSSR count). The van der Waals surface area contributed by atoms with E-state index in [0.29, 0.717) is 29.8 Å². The normalized spacial score (nSPS) is 18.9. The summed E-state index contributed by atoms with van der Waals surface area (Å²) in [6.45, 7) is 2.03. The minimum atomic E-state index is -0.789. The molecule has 0 amide bonds. The molecule has 1 aromatic rings. The number of carbonyl (C=O) groups is 2. The number of nitrogens with two attached hydrogens (primary N) is 1. The monoisotopic (exact) mass is 235 g/mol. The average Bonchev–Trinajstić information content (AvgIpc) is 2.68. The molecule has 0 bridgehead atoms. The van der Waals surface area contributed by atoms with Crippen molar-refractivity contribution in [3.05, 3.63) is 29.3 Å². The molecule has 5 nitrogen and oxygen atoms in total. The first-order valence-corrected chi connectivity index (χ1v) is 5.32. The first-order chi connectivity index (χ1) is 8.09. The third-order valence-corrected chi connectivity index (χ3v) is 2.73. The Morgan fingerprint density at radius 1 is 1.53 bits per heavy atom. The van der Waals surface area contributed by atoms with Gasteiger partial charge in [0.15, 0.2) is 0 Å². The van der Waals surface area contributed by atoms with Gasteiger partial charge in [-0.1, -0.05) is 6.07 Å². The lowest BCUT2D eigenvalue weighted by Crippen LogP contribution is -2.23. The number of hydrogen-bond acceptors (Lipinski definition) is 5. The Kier molecular flexibility index (Phi) is 2.99. The van der Waals surface area contributed by atoms with Crippen molar-refractivity contribution in [2.75, 3.05) is 12.3 Å². The smallest absolute Gasteiger partial charge is 0.347 e. The average molecular weight is 235 g/mol. The number of ether oxygens (including phenoxy) is 2. The topological polar surface area (TPSA) is 78.6 Å². The van der Waals surface area contributed by atoms with Gasteiger partial charge in [0.05, 0.1) is 12.2 Å². The predicted molar refractivity (Wildman–Crippen MR) is 60.4 cm³/mol. The lowest BCUT2D eigenvalue weighted by atomic mass is 10.1. The minimum Gasteiger partial charge on any atom is -0.463 e. The number of rotatable bonds is 2. The van der Waals surface area contributed by atoms with Crippen LogP contribution in [0.1, 0.15) is 22.3 Å². The molecule has 2 N–H and O–H groups in total. The molecule has 0 spiro atoms. The summed E-state index contributed by atoms with van der Waals surface area (Å²) in [6, 6.07) is 5.00. The summed E-state index contributed by atoms with van der Waals surface area (Å²) < 4.78 is 9.79. The second-order valence-corrected chi connectivity index (χ2v) is 3.87. The van der Waals surface area contributed by atoms with Crippen molar-refractivity contribution in [1.29, 1.82) is 0 Å². The van der Waals surface area contributed by atoms with Crippen LogP contribution in [0.25, 0.3) is 0 Å². The summed E-state index contributed by atoms with van der Waals surface area (Å²) >= 11 is 0. The van der Waals surface area contributed by atoms with Gasteiger partial charge in [-0.2, -0.15) is 0 Å². The molecule has 1 heterocycles. The standard InChI is InChI=1S/C12H13NO4/c1-7-8(3-2-4-9(7)13)11(14)17-10-5-6-16-12(10)15/h2-4,10H,5-6,13H2,1H3. The van der Waals surface area contributed by atoms with Gasteiger partial charge in [-0.05, 0) is 24.6 Å². The van der Waals surface area contributed by atoms with Crippen molar-refractivity contribution < 1.29 is 19.1 Å². The van der Waals surface area contributed by atoms with Crippen LogP contribution in [0, 0.1) is 6.92 Å². The third-order valence-electron chi connectivity index (χ3n) is 2.73. The third kappa shape index (κ3) is 2.22. The summed E-state index contributed by atoms with van der Waals surface area (Å²) in [4.78, 5) is 23.0. The van der Waals surface area contributed by atoms with Crippen LogP contribution in [0.4, 0.5) is 5.69 Å². The molecule has 1 aliphatic heterocycles. The number of benzene rings is 1. The maximum atomic E-state index is 11.8. The fourth-order valence-corrected chi connectivity index (χ4v) is 1.65. The maximum absolute atomic E-state index is 11.8. The summed E-state index contributed by atoms with van der Waals surface area (Å²) in [5.74, 6) is -1.03. The van der Waals surface area contributed by atoms with Crippen LogP contribution in [0.3, 0.4) is 0 Å². The van der Waals surface area contributed by atoms with Crippen LogP contribution in [-0.4, -0.2) is 24.6 Å². The zero-order valence-corrected chi connectivity index (χ0v) is 9.43. The summed E-state index contributed by atoms with van der Waals surface area (Å²) in [7, 11) is 0. The number of hydrogen-bond donors (Lipinski definition) is 1. The van der Waals surface area contributed by atoms with Gasteiger partial charge in [0, 0.05) is 12.1 Å². The highest BCUT2D eigenvalue weighted by Gasteiger charge is 2.30. The Morgan fingerprint density at radius 3 is 2.94 bits per heavy atom. The van der Waals surface area contributed by atoms with E-state index in [0.717, 1.165) is 0 Å². The molecule has 1 fully saturated rings. The second kappa shape index (κ2) is 4.45. The van der Waals surface area contributed by atoms with Crippen LogP contribution >= 0.6 is 0 Å². The van der Waals surface area contributed by atoms with E-state index in [1.807, 2.05) is 0 Å². The van der Waals surface area contributed by atoms with Crippen molar-refractivity contribution >= 4 is 17.6 Å². The fourth-order valence-electron chi connectivity index (χ4n) is 1.65. The molecule has 1 aliphatic rings. The Morgan fingerprint density at radius 2 is 2.29 bits per heavy atom. The highest BCUT2D eigenvalue weighted by atomic mass is 16.6. The second-order valence-electron chi connectivity index (χ2n) is 3.87. The number of cyclic esters (lactones) is 1. The lowest BCUT2D eigenvalue weighted by Gasteiger charge is -2.10. The summed E-state index contributed by atoms with van der Waals surface area (Å²) in [5, 5.41) is 0. The van der Waals surface area contributed by atoms with Crippen LogP contribution in [0.15, 0.2) is 18.2 Å². The Balaban J connectivity index is 2.14. The van der Waals surface area contributed by atoms with Gasteiger partial charge in [0.1, 0.15) is 0 Å². The van der Waals surface area contributed by atoms with Gasteiger partial charge in [-0.25, -0.2) is 9.59 Å². The molecule has 1 aromatic carbocycles. The molecule has 1 atom stereocenters. The summed E-state index contributed by atoms with van der Waals surface area (Å²) in [5.41, 5.74) is 7.25. The maximum Gasteiger partial charge on any atom is 0.347 e. The molecular weight excluding hydrogens is 222 g/mol. The van der Waals surface area contributed by atoms with Gasteiger partial charge < -0.3 is 15.2 Å². The van der Waals surface area contributed by atoms with E-state index < -0.39 is 18.0 Å². The number of nitrogen functional groups attached to an aromatic ring is 1. The predicted octanol–water partition coefficient (Wildman–Crippen LogP) is 1.05. The number of carbonyl (C=O) groups excluding carboxylic acids is 2. The van der Waals surface area contributed by atoms with Crippen LogP contribution < -0.4 is 5.73 Å². The van der Waals surface area contributed by atoms with Gasteiger partial charge in [-0.15, -0.1) is 0 Å². The van der Waals surface area contributed by atoms with Gasteiger partial charge in [-0.3, -0.25) is 0 Å². The lowest BCUT2D eigenvalue weighted by molar-refractivity contribution is -0.145. The minimum absolute atomic E-state index is 0.298. The van der Waals surface area contributed by atoms with Crippen LogP contribution in [0.2, 0.25) is 0 Å². The molecule has 0 saturated carbocycles. The molecular formula is C12H13NO4. The van der Waals surface area contributed by atoms with Crippen molar-refractivity contribution in [1.82, 2.24) is 0 Å². The molecule has 1 unspecified atom stereocenters. The molecule has 1 saturated heterocycles. The van der Waals surface area contributed by atoms with Crippen molar-refractivity contribution in [2.24, 2.45) is 0 Å². The van der Waals surface area contributed by atoms with Gasteiger partial charge in [0.2, 0.25) is 6.10 Å². The van der Waals surface area contributed by atoms with Crippen molar-refractivity contribution in [3.63, 3.8) is 0 Å². The highest BCUT2D eigenvalue weighted by Crippen LogP contribution is 2.19. The van der Waals surface area contributed by atoms with Crippen LogP contribution in [-0.2, 0) is 14.3 Å². The molecule has 0 aromatic heterocycles. The Labute approximate surface area is 98.5 Å². The van der Waals surface area contributed by atoms with Gasteiger partial charge >= 0.3 is 11.9 Å². The highest BCUT2D eigenvalue weighted by molar-refractivity contribution is 5.94. The SMILES string of the molecule is Cc1c(N)cccc1C(=O)OC1CCOC1=O. The Hall–Kier alpha value is -2.04. The Bertz CT molecular complexity index is 470.